The number of aryl methyl sites for hydroxylation is 1. The minimum Gasteiger partial charge on any atom is -0.497 e. The van der Waals surface area contributed by atoms with Crippen LogP contribution in [0.4, 0.5) is 5.69 Å². The lowest BCUT2D eigenvalue weighted by Crippen LogP contribution is -2.35. The van der Waals surface area contributed by atoms with Crippen molar-refractivity contribution in [1.29, 1.82) is 0 Å². The van der Waals surface area contributed by atoms with Gasteiger partial charge in [-0.1, -0.05) is 29.8 Å². The van der Waals surface area contributed by atoms with E-state index in [9.17, 15) is 9.59 Å². The molecule has 0 unspecified atom stereocenters. The predicted octanol–water partition coefficient (Wildman–Crippen LogP) is 4.87. The number of carbonyl (C=O) groups excluding carboxylic acids is 2. The Labute approximate surface area is 186 Å². The lowest BCUT2D eigenvalue weighted by Gasteiger charge is -2.30. The van der Waals surface area contributed by atoms with E-state index in [0.717, 1.165) is 35.4 Å². The molecule has 31 heavy (non-hydrogen) atoms. The second kappa shape index (κ2) is 9.23. The zero-order valence-electron chi connectivity index (χ0n) is 17.2. The van der Waals surface area contributed by atoms with Gasteiger partial charge < -0.3 is 15.0 Å². The first kappa shape index (κ1) is 20.9. The van der Waals surface area contributed by atoms with Crippen LogP contribution in [-0.4, -0.2) is 25.5 Å². The number of ether oxygens (including phenoxy) is 1. The van der Waals surface area contributed by atoms with Crippen LogP contribution >= 0.6 is 11.6 Å². The molecule has 0 aromatic heterocycles. The monoisotopic (exact) mass is 434 g/mol. The van der Waals surface area contributed by atoms with Crippen molar-refractivity contribution in [2.75, 3.05) is 18.6 Å². The number of rotatable bonds is 5. The van der Waals surface area contributed by atoms with E-state index in [4.69, 9.17) is 16.3 Å². The van der Waals surface area contributed by atoms with Gasteiger partial charge in [-0.05, 0) is 72.5 Å². The van der Waals surface area contributed by atoms with Gasteiger partial charge in [0.15, 0.2) is 0 Å². The van der Waals surface area contributed by atoms with Crippen LogP contribution in [0, 0.1) is 0 Å². The van der Waals surface area contributed by atoms with E-state index in [1.807, 2.05) is 36.4 Å². The van der Waals surface area contributed by atoms with Gasteiger partial charge in [-0.2, -0.15) is 0 Å². The smallest absolute Gasteiger partial charge is 0.258 e. The summed E-state index contributed by atoms with van der Waals surface area (Å²) >= 11 is 6.05. The molecule has 1 heterocycles. The Morgan fingerprint density at radius 2 is 1.84 bits per heavy atom. The molecule has 0 radical (unpaired) electrons. The minimum atomic E-state index is -0.142. The van der Waals surface area contributed by atoms with Gasteiger partial charge in [0, 0.05) is 34.9 Å². The van der Waals surface area contributed by atoms with Crippen LogP contribution in [0.1, 0.15) is 38.3 Å². The molecule has 0 saturated heterocycles. The molecule has 4 rings (SSSR count). The maximum Gasteiger partial charge on any atom is 0.258 e. The summed E-state index contributed by atoms with van der Waals surface area (Å²) in [6.07, 6.45) is 1.67. The summed E-state index contributed by atoms with van der Waals surface area (Å²) in [4.78, 5) is 27.5. The molecule has 0 fully saturated rings. The summed E-state index contributed by atoms with van der Waals surface area (Å²) < 4.78 is 5.15. The standard InChI is InChI=1S/C25H23ClN2O3/c1-31-22-10-7-17(8-11-22)16-27-24(29)19-9-12-23-18(14-19)5-3-13-28(23)25(30)20-4-2-6-21(26)15-20/h2,4,6-12,14-15H,3,5,13,16H2,1H3,(H,27,29). The lowest BCUT2D eigenvalue weighted by molar-refractivity contribution is 0.0950. The normalized spacial score (nSPS) is 12.8. The molecule has 158 valence electrons. The van der Waals surface area contributed by atoms with E-state index in [2.05, 4.69) is 5.32 Å². The van der Waals surface area contributed by atoms with Gasteiger partial charge in [0.1, 0.15) is 5.75 Å². The number of methoxy groups -OCH3 is 1. The maximum atomic E-state index is 13.0. The third kappa shape index (κ3) is 4.72. The molecular formula is C25H23ClN2O3. The Bertz CT molecular complexity index is 1110. The van der Waals surface area contributed by atoms with E-state index in [-0.39, 0.29) is 11.8 Å². The molecule has 1 N–H and O–H groups in total. The topological polar surface area (TPSA) is 58.6 Å². The molecule has 0 spiro atoms. The second-order valence-corrected chi connectivity index (χ2v) is 7.88. The quantitative estimate of drug-likeness (QED) is 0.623. The predicted molar refractivity (Wildman–Crippen MR) is 122 cm³/mol. The number of benzene rings is 3. The minimum absolute atomic E-state index is 0.0832. The molecule has 5 nitrogen and oxygen atoms in total. The van der Waals surface area contributed by atoms with Crippen LogP contribution in [0.3, 0.4) is 0 Å². The Balaban J connectivity index is 1.48. The van der Waals surface area contributed by atoms with Crippen molar-refractivity contribution >= 4 is 29.1 Å². The first-order valence-corrected chi connectivity index (χ1v) is 10.5. The molecule has 0 saturated carbocycles. The van der Waals surface area contributed by atoms with Crippen LogP contribution in [0.25, 0.3) is 0 Å². The van der Waals surface area contributed by atoms with Crippen molar-refractivity contribution in [3.8, 4) is 5.75 Å². The number of hydrogen-bond donors (Lipinski definition) is 1. The molecule has 3 aromatic carbocycles. The summed E-state index contributed by atoms with van der Waals surface area (Å²) in [6.45, 7) is 1.07. The summed E-state index contributed by atoms with van der Waals surface area (Å²) in [5, 5.41) is 3.48. The Kier molecular flexibility index (Phi) is 6.23. The first-order valence-electron chi connectivity index (χ1n) is 10.2. The van der Waals surface area contributed by atoms with Gasteiger partial charge in [-0.3, -0.25) is 9.59 Å². The Hall–Kier alpha value is -3.31. The van der Waals surface area contributed by atoms with Crippen molar-refractivity contribution in [3.05, 3.63) is 94.0 Å². The van der Waals surface area contributed by atoms with Crippen molar-refractivity contribution in [3.63, 3.8) is 0 Å². The van der Waals surface area contributed by atoms with Crippen LogP contribution in [0.15, 0.2) is 66.7 Å². The van der Waals surface area contributed by atoms with E-state index in [0.29, 0.717) is 29.2 Å². The average molecular weight is 435 g/mol. The van der Waals surface area contributed by atoms with Gasteiger partial charge in [-0.25, -0.2) is 0 Å². The number of amides is 2. The van der Waals surface area contributed by atoms with E-state index < -0.39 is 0 Å². The average Bonchev–Trinajstić information content (AvgIpc) is 2.81. The zero-order chi connectivity index (χ0) is 21.8. The summed E-state index contributed by atoms with van der Waals surface area (Å²) in [5.41, 5.74) is 3.98. The molecule has 3 aromatic rings. The fourth-order valence-corrected chi connectivity index (χ4v) is 3.94. The van der Waals surface area contributed by atoms with Crippen LogP contribution in [-0.2, 0) is 13.0 Å². The van der Waals surface area contributed by atoms with E-state index >= 15 is 0 Å². The van der Waals surface area contributed by atoms with Crippen LogP contribution < -0.4 is 15.0 Å². The SMILES string of the molecule is COc1ccc(CNC(=O)c2ccc3c(c2)CCCN3C(=O)c2cccc(Cl)c2)cc1. The zero-order valence-corrected chi connectivity index (χ0v) is 18.0. The highest BCUT2D eigenvalue weighted by molar-refractivity contribution is 6.31. The van der Waals surface area contributed by atoms with E-state index in [1.165, 1.54) is 0 Å². The molecule has 0 bridgehead atoms. The highest BCUT2D eigenvalue weighted by Crippen LogP contribution is 2.30. The molecular weight excluding hydrogens is 412 g/mol. The summed E-state index contributed by atoms with van der Waals surface area (Å²) in [7, 11) is 1.62. The summed E-state index contributed by atoms with van der Waals surface area (Å²) in [5.74, 6) is 0.554. The molecule has 6 heteroatoms. The van der Waals surface area contributed by atoms with Gasteiger partial charge >= 0.3 is 0 Å². The number of nitrogens with zero attached hydrogens (tertiary/aromatic N) is 1. The molecule has 2 amide bonds. The van der Waals surface area contributed by atoms with Crippen LogP contribution in [0.2, 0.25) is 5.02 Å². The van der Waals surface area contributed by atoms with Gasteiger partial charge in [-0.15, -0.1) is 0 Å². The first-order chi connectivity index (χ1) is 15.0. The van der Waals surface area contributed by atoms with Crippen molar-refractivity contribution in [1.82, 2.24) is 5.32 Å². The highest BCUT2D eigenvalue weighted by Gasteiger charge is 2.24. The molecule has 1 aliphatic heterocycles. The van der Waals surface area contributed by atoms with E-state index in [1.54, 1.807) is 42.3 Å². The maximum absolute atomic E-state index is 13.0. The Morgan fingerprint density at radius 3 is 2.58 bits per heavy atom. The van der Waals surface area contributed by atoms with Gasteiger partial charge in [0.2, 0.25) is 0 Å². The van der Waals surface area contributed by atoms with Crippen molar-refractivity contribution in [2.24, 2.45) is 0 Å². The fraction of sp³-hybridized carbons (Fsp3) is 0.200. The summed E-state index contributed by atoms with van der Waals surface area (Å²) in [6, 6.07) is 20.1. The number of carbonyl (C=O) groups is 2. The van der Waals surface area contributed by atoms with Gasteiger partial charge in [0.05, 0.1) is 7.11 Å². The van der Waals surface area contributed by atoms with Crippen molar-refractivity contribution in [2.45, 2.75) is 19.4 Å². The number of nitrogens with one attached hydrogen (secondary N) is 1. The highest BCUT2D eigenvalue weighted by atomic mass is 35.5. The van der Waals surface area contributed by atoms with Crippen LogP contribution in [0.5, 0.6) is 5.75 Å². The molecule has 0 aliphatic carbocycles. The Morgan fingerprint density at radius 1 is 1.03 bits per heavy atom. The number of halogens is 1. The lowest BCUT2D eigenvalue weighted by atomic mass is 9.98. The number of anilines is 1. The number of hydrogen-bond acceptors (Lipinski definition) is 3. The van der Waals surface area contributed by atoms with Gasteiger partial charge in [0.25, 0.3) is 11.8 Å². The molecule has 1 aliphatic rings. The third-order valence-electron chi connectivity index (χ3n) is 5.39. The van der Waals surface area contributed by atoms with Crippen molar-refractivity contribution < 1.29 is 14.3 Å². The largest absolute Gasteiger partial charge is 0.497 e. The third-order valence-corrected chi connectivity index (χ3v) is 5.62. The second-order valence-electron chi connectivity index (χ2n) is 7.44. The number of fused-ring (bicyclic) bond motifs is 1. The fourth-order valence-electron chi connectivity index (χ4n) is 3.75. The molecule has 0 atom stereocenters.